The molecule has 4 N–H and O–H groups in total. The average Bonchev–Trinajstić information content (AvgIpc) is 2.62. The summed E-state index contributed by atoms with van der Waals surface area (Å²) in [6.45, 7) is 11.3. The molecule has 0 spiro atoms. The zero-order valence-electron chi connectivity index (χ0n) is 19.9. The Balaban J connectivity index is 2.29. The second-order valence-corrected chi connectivity index (χ2v) is 9.44. The lowest BCUT2D eigenvalue weighted by Gasteiger charge is -2.20. The summed E-state index contributed by atoms with van der Waals surface area (Å²) in [5, 5.41) is 5.39. The number of carbonyl (C=O) groups excluding carboxylic acids is 3. The number of amides is 2. The van der Waals surface area contributed by atoms with Gasteiger partial charge in [0.2, 0.25) is 5.91 Å². The Labute approximate surface area is 190 Å². The minimum absolute atomic E-state index is 0.0688. The summed E-state index contributed by atoms with van der Waals surface area (Å²) < 4.78 is 15.9. The second-order valence-electron chi connectivity index (χ2n) is 9.44. The quantitative estimate of drug-likeness (QED) is 0.367. The van der Waals surface area contributed by atoms with Crippen molar-refractivity contribution in [3.63, 3.8) is 0 Å². The zero-order valence-corrected chi connectivity index (χ0v) is 19.9. The van der Waals surface area contributed by atoms with Crippen LogP contribution in [-0.2, 0) is 19.1 Å². The van der Waals surface area contributed by atoms with Gasteiger partial charge in [-0.15, -0.1) is 0 Å². The number of alkyl carbamates (subject to hydrolysis) is 1. The molecular formula is C23H37N3O6. The molecule has 1 rings (SSSR count). The van der Waals surface area contributed by atoms with E-state index >= 15 is 0 Å². The van der Waals surface area contributed by atoms with Gasteiger partial charge < -0.3 is 30.6 Å². The smallest absolute Gasteiger partial charge is 0.407 e. The first-order chi connectivity index (χ1) is 14.7. The first kappa shape index (κ1) is 27.2. The molecule has 0 aliphatic heterocycles. The van der Waals surface area contributed by atoms with Gasteiger partial charge in [0, 0.05) is 18.2 Å². The molecule has 0 heterocycles. The predicted octanol–water partition coefficient (Wildman–Crippen LogP) is 3.37. The molecule has 1 aromatic rings. The molecule has 9 heteroatoms. The number of ether oxygens (including phenoxy) is 3. The van der Waals surface area contributed by atoms with E-state index in [0.29, 0.717) is 24.4 Å². The van der Waals surface area contributed by atoms with Crippen molar-refractivity contribution in [2.45, 2.75) is 78.0 Å². The van der Waals surface area contributed by atoms with E-state index in [2.05, 4.69) is 10.6 Å². The van der Waals surface area contributed by atoms with Crippen LogP contribution in [0.25, 0.3) is 0 Å². The predicted molar refractivity (Wildman–Crippen MR) is 122 cm³/mol. The minimum Gasteiger partial charge on any atom is -0.492 e. The van der Waals surface area contributed by atoms with E-state index < -0.39 is 23.3 Å². The highest BCUT2D eigenvalue weighted by molar-refractivity contribution is 5.90. The van der Waals surface area contributed by atoms with Gasteiger partial charge in [0.15, 0.2) is 0 Å². The summed E-state index contributed by atoms with van der Waals surface area (Å²) in [5.74, 6) is 0.0375. The Morgan fingerprint density at radius 1 is 0.969 bits per heavy atom. The summed E-state index contributed by atoms with van der Waals surface area (Å²) in [4.78, 5) is 35.5. The van der Waals surface area contributed by atoms with Gasteiger partial charge in [0.05, 0.1) is 13.0 Å². The number of anilines is 1. The molecule has 0 unspecified atom stereocenters. The Morgan fingerprint density at radius 2 is 1.56 bits per heavy atom. The zero-order chi connectivity index (χ0) is 24.4. The fourth-order valence-electron chi connectivity index (χ4n) is 2.51. The van der Waals surface area contributed by atoms with Crippen LogP contribution in [-0.4, -0.2) is 48.4 Å². The summed E-state index contributed by atoms with van der Waals surface area (Å²) in [6.07, 6.45) is 0.138. The normalized spacial score (nSPS) is 12.5. The van der Waals surface area contributed by atoms with E-state index in [1.807, 2.05) is 0 Å². The molecule has 2 amide bonds. The number of hydrogen-bond donors (Lipinski definition) is 3. The van der Waals surface area contributed by atoms with Gasteiger partial charge in [-0.25, -0.2) is 4.79 Å². The third-order valence-electron chi connectivity index (χ3n) is 3.77. The van der Waals surface area contributed by atoms with Gasteiger partial charge in [0.25, 0.3) is 0 Å². The monoisotopic (exact) mass is 451 g/mol. The third kappa shape index (κ3) is 13.5. The number of nitrogens with two attached hydrogens (primary N) is 1. The van der Waals surface area contributed by atoms with Gasteiger partial charge >= 0.3 is 12.1 Å². The molecule has 180 valence electrons. The number of rotatable bonds is 10. The largest absolute Gasteiger partial charge is 0.492 e. The van der Waals surface area contributed by atoms with E-state index in [-0.39, 0.29) is 31.3 Å². The highest BCUT2D eigenvalue weighted by Crippen LogP contribution is 2.16. The molecule has 0 bridgehead atoms. The maximum absolute atomic E-state index is 12.1. The van der Waals surface area contributed by atoms with Gasteiger partial charge in [0.1, 0.15) is 23.6 Å². The van der Waals surface area contributed by atoms with E-state index in [4.69, 9.17) is 19.9 Å². The van der Waals surface area contributed by atoms with Crippen LogP contribution in [0.5, 0.6) is 5.75 Å². The summed E-state index contributed by atoms with van der Waals surface area (Å²) >= 11 is 0. The number of nitrogens with one attached hydrogen (secondary N) is 2. The van der Waals surface area contributed by atoms with Crippen molar-refractivity contribution in [1.82, 2.24) is 5.32 Å². The summed E-state index contributed by atoms with van der Waals surface area (Å²) in [7, 11) is 0. The van der Waals surface area contributed by atoms with Gasteiger partial charge in [-0.1, -0.05) is 0 Å². The maximum atomic E-state index is 12.1. The fourth-order valence-corrected chi connectivity index (χ4v) is 2.51. The Kier molecular flexibility index (Phi) is 10.5. The van der Waals surface area contributed by atoms with Gasteiger partial charge in [-0.2, -0.15) is 0 Å². The van der Waals surface area contributed by atoms with Crippen LogP contribution in [0.3, 0.4) is 0 Å². The molecule has 0 saturated heterocycles. The highest BCUT2D eigenvalue weighted by Gasteiger charge is 2.19. The van der Waals surface area contributed by atoms with E-state index in [9.17, 15) is 14.4 Å². The molecule has 0 aromatic heterocycles. The minimum atomic E-state index is -0.557. The summed E-state index contributed by atoms with van der Waals surface area (Å²) in [6, 6.07) is 6.43. The number of benzene rings is 1. The molecule has 0 saturated carbocycles. The van der Waals surface area contributed by atoms with Crippen LogP contribution in [0.1, 0.15) is 60.8 Å². The van der Waals surface area contributed by atoms with Crippen LogP contribution >= 0.6 is 0 Å². The first-order valence-electron chi connectivity index (χ1n) is 10.7. The highest BCUT2D eigenvalue weighted by atomic mass is 16.6. The molecule has 0 fully saturated rings. The Hall–Kier alpha value is -2.81. The van der Waals surface area contributed by atoms with Crippen LogP contribution in [0.4, 0.5) is 10.5 Å². The molecule has 9 nitrogen and oxygen atoms in total. The van der Waals surface area contributed by atoms with Crippen molar-refractivity contribution in [3.05, 3.63) is 24.3 Å². The van der Waals surface area contributed by atoms with Crippen molar-refractivity contribution in [2.24, 2.45) is 5.73 Å². The van der Waals surface area contributed by atoms with Crippen molar-refractivity contribution in [2.75, 3.05) is 18.5 Å². The lowest BCUT2D eigenvalue weighted by Crippen LogP contribution is -2.34. The average molecular weight is 452 g/mol. The van der Waals surface area contributed by atoms with Crippen LogP contribution < -0.4 is 21.1 Å². The molecular weight excluding hydrogens is 414 g/mol. The SMILES string of the molecule is CC(C)(C)OC(=O)C[C@H](N)CCC(=O)Nc1ccc(OCCNC(=O)OC(C)(C)C)cc1. The molecule has 32 heavy (non-hydrogen) atoms. The number of carbonyl (C=O) groups is 3. The topological polar surface area (TPSA) is 129 Å². The first-order valence-corrected chi connectivity index (χ1v) is 10.7. The lowest BCUT2D eigenvalue weighted by atomic mass is 10.1. The van der Waals surface area contributed by atoms with Gasteiger partial charge in [-0.3, -0.25) is 9.59 Å². The van der Waals surface area contributed by atoms with Crippen molar-refractivity contribution >= 4 is 23.7 Å². The van der Waals surface area contributed by atoms with Crippen LogP contribution in [0, 0.1) is 0 Å². The lowest BCUT2D eigenvalue weighted by molar-refractivity contribution is -0.155. The van der Waals surface area contributed by atoms with E-state index in [0.717, 1.165) is 0 Å². The molecule has 0 radical (unpaired) electrons. The van der Waals surface area contributed by atoms with Crippen molar-refractivity contribution < 1.29 is 28.6 Å². The van der Waals surface area contributed by atoms with E-state index in [1.54, 1.807) is 65.8 Å². The Bertz CT molecular complexity index is 750. The van der Waals surface area contributed by atoms with Crippen LogP contribution in [0.2, 0.25) is 0 Å². The molecule has 0 aliphatic rings. The standard InChI is InChI=1S/C23H37N3O6/c1-22(2,3)31-20(28)15-16(24)7-12-19(27)26-17-8-10-18(11-9-17)30-14-13-25-21(29)32-23(4,5)6/h8-11,16H,7,12-15,24H2,1-6H3,(H,25,29)(H,26,27)/t16-/m1/s1. The molecule has 0 aliphatic carbocycles. The summed E-state index contributed by atoms with van der Waals surface area (Å²) in [5.41, 5.74) is 5.45. The number of esters is 1. The fraction of sp³-hybridized carbons (Fsp3) is 0.609. The van der Waals surface area contributed by atoms with Crippen molar-refractivity contribution in [1.29, 1.82) is 0 Å². The van der Waals surface area contributed by atoms with Crippen molar-refractivity contribution in [3.8, 4) is 5.75 Å². The van der Waals surface area contributed by atoms with E-state index in [1.165, 1.54) is 0 Å². The maximum Gasteiger partial charge on any atom is 0.407 e. The number of hydrogen-bond acceptors (Lipinski definition) is 7. The molecule has 1 aromatic carbocycles. The third-order valence-corrected chi connectivity index (χ3v) is 3.77. The second kappa shape index (κ2) is 12.3. The van der Waals surface area contributed by atoms with Gasteiger partial charge in [-0.05, 0) is 72.2 Å². The molecule has 1 atom stereocenters. The van der Waals surface area contributed by atoms with Crippen LogP contribution in [0.15, 0.2) is 24.3 Å². The Morgan fingerprint density at radius 3 is 2.12 bits per heavy atom.